The van der Waals surface area contributed by atoms with Crippen molar-refractivity contribution in [2.24, 2.45) is 5.92 Å². The number of piperidine rings is 1. The van der Waals surface area contributed by atoms with E-state index in [2.05, 4.69) is 5.32 Å². The van der Waals surface area contributed by atoms with Crippen molar-refractivity contribution in [3.8, 4) is 0 Å². The molecule has 1 aromatic rings. The van der Waals surface area contributed by atoms with E-state index >= 15 is 0 Å². The molecule has 0 bridgehead atoms. The van der Waals surface area contributed by atoms with Gasteiger partial charge in [-0.15, -0.1) is 0 Å². The topological polar surface area (TPSA) is 52.7 Å². The molecule has 0 saturated carbocycles. The minimum absolute atomic E-state index is 0.0621. The number of nitrogens with zero attached hydrogens (tertiary/aromatic N) is 2. The Labute approximate surface area is 131 Å². The van der Waals surface area contributed by atoms with Gasteiger partial charge in [-0.25, -0.2) is 0 Å². The van der Waals surface area contributed by atoms with E-state index in [0.29, 0.717) is 26.2 Å². The van der Waals surface area contributed by atoms with Crippen LogP contribution in [0.4, 0.5) is 0 Å². The first-order valence-electron chi connectivity index (χ1n) is 8.09. The van der Waals surface area contributed by atoms with Crippen LogP contribution in [0, 0.1) is 5.92 Å². The predicted octanol–water partition coefficient (Wildman–Crippen LogP) is 0.971. The average molecular weight is 301 g/mol. The molecular formula is C17H23N3O2. The third-order valence-corrected chi connectivity index (χ3v) is 4.55. The van der Waals surface area contributed by atoms with Gasteiger partial charge in [0.05, 0.1) is 5.92 Å². The summed E-state index contributed by atoms with van der Waals surface area (Å²) in [7, 11) is 0. The van der Waals surface area contributed by atoms with Crippen molar-refractivity contribution in [1.29, 1.82) is 0 Å². The van der Waals surface area contributed by atoms with Crippen LogP contribution < -0.4 is 5.32 Å². The van der Waals surface area contributed by atoms with Gasteiger partial charge in [0.1, 0.15) is 0 Å². The van der Waals surface area contributed by atoms with Gasteiger partial charge >= 0.3 is 0 Å². The minimum Gasteiger partial charge on any atom is -0.339 e. The summed E-state index contributed by atoms with van der Waals surface area (Å²) in [6.07, 6.45) is 2.05. The Morgan fingerprint density at radius 2 is 1.68 bits per heavy atom. The van der Waals surface area contributed by atoms with E-state index in [1.54, 1.807) is 0 Å². The number of hydrogen-bond acceptors (Lipinski definition) is 3. The van der Waals surface area contributed by atoms with Crippen molar-refractivity contribution >= 4 is 11.8 Å². The highest BCUT2D eigenvalue weighted by molar-refractivity contribution is 5.94. The van der Waals surface area contributed by atoms with Crippen molar-refractivity contribution in [2.45, 2.75) is 12.8 Å². The molecule has 2 aliphatic rings. The summed E-state index contributed by atoms with van der Waals surface area (Å²) >= 11 is 0. The fourth-order valence-corrected chi connectivity index (χ4v) is 3.21. The number of rotatable bonds is 2. The number of benzene rings is 1. The van der Waals surface area contributed by atoms with Crippen molar-refractivity contribution < 1.29 is 9.59 Å². The standard InChI is InChI=1S/C17H23N3O2/c21-16(14-5-2-1-3-6-14)19-9-11-20(12-10-19)17(22)15-7-4-8-18-13-15/h1-3,5-6,15,18H,4,7-13H2. The summed E-state index contributed by atoms with van der Waals surface area (Å²) in [4.78, 5) is 28.6. The van der Waals surface area contributed by atoms with E-state index < -0.39 is 0 Å². The maximum atomic E-state index is 12.5. The van der Waals surface area contributed by atoms with Gasteiger partial charge in [-0.05, 0) is 31.5 Å². The van der Waals surface area contributed by atoms with Crippen LogP contribution in [0.2, 0.25) is 0 Å². The summed E-state index contributed by atoms with van der Waals surface area (Å²) in [5.41, 5.74) is 0.721. The van der Waals surface area contributed by atoms with Gasteiger partial charge in [0.2, 0.25) is 5.91 Å². The highest BCUT2D eigenvalue weighted by Gasteiger charge is 2.29. The van der Waals surface area contributed by atoms with Crippen LogP contribution in [-0.4, -0.2) is 60.9 Å². The normalized spacial score (nSPS) is 22.5. The number of carbonyl (C=O) groups is 2. The third-order valence-electron chi connectivity index (χ3n) is 4.55. The summed E-state index contributed by atoms with van der Waals surface area (Å²) in [5.74, 6) is 0.427. The molecule has 1 N–H and O–H groups in total. The quantitative estimate of drug-likeness (QED) is 0.885. The second-order valence-electron chi connectivity index (χ2n) is 6.03. The second kappa shape index (κ2) is 6.92. The minimum atomic E-state index is 0.0621. The lowest BCUT2D eigenvalue weighted by Gasteiger charge is -2.37. The molecule has 5 heteroatoms. The van der Waals surface area contributed by atoms with Crippen molar-refractivity contribution in [3.63, 3.8) is 0 Å². The Balaban J connectivity index is 1.54. The van der Waals surface area contributed by atoms with Crippen LogP contribution >= 0.6 is 0 Å². The number of amides is 2. The Morgan fingerprint density at radius 3 is 2.32 bits per heavy atom. The maximum Gasteiger partial charge on any atom is 0.253 e. The highest BCUT2D eigenvalue weighted by atomic mass is 16.2. The smallest absolute Gasteiger partial charge is 0.253 e. The summed E-state index contributed by atoms with van der Waals surface area (Å²) in [6, 6.07) is 9.35. The lowest BCUT2D eigenvalue weighted by Crippen LogP contribution is -2.53. The molecule has 2 saturated heterocycles. The van der Waals surface area contributed by atoms with Crippen LogP contribution in [-0.2, 0) is 4.79 Å². The molecule has 118 valence electrons. The fraction of sp³-hybridized carbons (Fsp3) is 0.529. The molecule has 2 aliphatic heterocycles. The van der Waals surface area contributed by atoms with E-state index in [9.17, 15) is 9.59 Å². The SMILES string of the molecule is O=C(c1ccccc1)N1CCN(C(=O)C2CCCNC2)CC1. The van der Waals surface area contributed by atoms with Gasteiger partial charge in [0.25, 0.3) is 5.91 Å². The number of carbonyl (C=O) groups excluding carboxylic acids is 2. The first kappa shape index (κ1) is 15.0. The van der Waals surface area contributed by atoms with E-state index in [-0.39, 0.29) is 17.7 Å². The summed E-state index contributed by atoms with van der Waals surface area (Å²) in [6.45, 7) is 4.35. The van der Waals surface area contributed by atoms with Crippen LogP contribution in [0.5, 0.6) is 0 Å². The van der Waals surface area contributed by atoms with Crippen LogP contribution in [0.3, 0.4) is 0 Å². The molecule has 2 fully saturated rings. The Kier molecular flexibility index (Phi) is 4.73. The first-order chi connectivity index (χ1) is 10.8. The van der Waals surface area contributed by atoms with Crippen LogP contribution in [0.15, 0.2) is 30.3 Å². The summed E-state index contributed by atoms with van der Waals surface area (Å²) < 4.78 is 0. The third kappa shape index (κ3) is 3.30. The lowest BCUT2D eigenvalue weighted by molar-refractivity contribution is -0.137. The zero-order valence-electron chi connectivity index (χ0n) is 12.8. The van der Waals surface area contributed by atoms with Gasteiger partial charge < -0.3 is 15.1 Å². The summed E-state index contributed by atoms with van der Waals surface area (Å²) in [5, 5.41) is 3.29. The van der Waals surface area contributed by atoms with E-state index in [1.165, 1.54) is 0 Å². The molecular weight excluding hydrogens is 278 g/mol. The van der Waals surface area contributed by atoms with Crippen LogP contribution in [0.1, 0.15) is 23.2 Å². The van der Waals surface area contributed by atoms with Gasteiger partial charge in [-0.1, -0.05) is 18.2 Å². The first-order valence-corrected chi connectivity index (χ1v) is 8.09. The van der Waals surface area contributed by atoms with Gasteiger partial charge in [0, 0.05) is 38.3 Å². The monoisotopic (exact) mass is 301 g/mol. The van der Waals surface area contributed by atoms with Crippen molar-refractivity contribution in [1.82, 2.24) is 15.1 Å². The van der Waals surface area contributed by atoms with E-state index in [0.717, 1.165) is 31.5 Å². The van der Waals surface area contributed by atoms with Crippen molar-refractivity contribution in [2.75, 3.05) is 39.3 Å². The van der Waals surface area contributed by atoms with Gasteiger partial charge in [0.15, 0.2) is 0 Å². The predicted molar refractivity (Wildman–Crippen MR) is 84.5 cm³/mol. The Morgan fingerprint density at radius 1 is 1.00 bits per heavy atom. The molecule has 1 unspecified atom stereocenters. The van der Waals surface area contributed by atoms with Crippen molar-refractivity contribution in [3.05, 3.63) is 35.9 Å². The molecule has 0 aliphatic carbocycles. The molecule has 2 heterocycles. The molecule has 0 radical (unpaired) electrons. The zero-order chi connectivity index (χ0) is 15.4. The largest absolute Gasteiger partial charge is 0.339 e. The molecule has 0 spiro atoms. The maximum absolute atomic E-state index is 12.5. The number of piperazine rings is 1. The fourth-order valence-electron chi connectivity index (χ4n) is 3.21. The molecule has 5 nitrogen and oxygen atoms in total. The molecule has 1 atom stereocenters. The Bertz CT molecular complexity index is 518. The van der Waals surface area contributed by atoms with Gasteiger partial charge in [-0.3, -0.25) is 9.59 Å². The number of nitrogens with one attached hydrogen (secondary N) is 1. The molecule has 2 amide bonds. The van der Waals surface area contributed by atoms with E-state index in [1.807, 2.05) is 40.1 Å². The Hall–Kier alpha value is -1.88. The molecule has 0 aromatic heterocycles. The van der Waals surface area contributed by atoms with Gasteiger partial charge in [-0.2, -0.15) is 0 Å². The molecule has 3 rings (SSSR count). The average Bonchev–Trinajstić information content (AvgIpc) is 2.62. The number of hydrogen-bond donors (Lipinski definition) is 1. The second-order valence-corrected chi connectivity index (χ2v) is 6.03. The highest BCUT2D eigenvalue weighted by Crippen LogP contribution is 2.16. The lowest BCUT2D eigenvalue weighted by atomic mass is 9.98. The molecule has 1 aromatic carbocycles. The van der Waals surface area contributed by atoms with E-state index in [4.69, 9.17) is 0 Å². The zero-order valence-corrected chi connectivity index (χ0v) is 12.8. The molecule has 22 heavy (non-hydrogen) atoms. The van der Waals surface area contributed by atoms with Crippen LogP contribution in [0.25, 0.3) is 0 Å².